The molecule has 2 N–H and O–H groups in total. The second kappa shape index (κ2) is 7.89. The molecule has 18 heavy (non-hydrogen) atoms. The Hall–Kier alpha value is -1.33. The predicted octanol–water partition coefficient (Wildman–Crippen LogP) is 1.32. The van der Waals surface area contributed by atoms with Gasteiger partial charge >= 0.3 is 0 Å². The Bertz CT molecular complexity index is 391. The van der Waals surface area contributed by atoms with Gasteiger partial charge in [0, 0.05) is 23.6 Å². The highest BCUT2D eigenvalue weighted by molar-refractivity contribution is 7.99. The number of carbonyl (C=O) groups is 1. The Morgan fingerprint density at radius 2 is 2.39 bits per heavy atom. The summed E-state index contributed by atoms with van der Waals surface area (Å²) in [6, 6.07) is 5.43. The summed E-state index contributed by atoms with van der Waals surface area (Å²) < 4.78 is 0. The molecule has 0 saturated heterocycles. The van der Waals surface area contributed by atoms with Crippen LogP contribution in [0.5, 0.6) is 0 Å². The maximum Gasteiger partial charge on any atom is 0.244 e. The molecule has 1 aromatic rings. The normalized spacial score (nSPS) is 14.4. The van der Waals surface area contributed by atoms with Crippen molar-refractivity contribution in [1.29, 1.82) is 0 Å². The summed E-state index contributed by atoms with van der Waals surface area (Å²) in [4.78, 5) is 15.7. The molecule has 2 unspecified atom stereocenters. The van der Waals surface area contributed by atoms with Crippen LogP contribution in [-0.2, 0) is 4.79 Å². The fourth-order valence-corrected chi connectivity index (χ4v) is 2.06. The zero-order valence-electron chi connectivity index (χ0n) is 10.5. The molecule has 98 valence electrons. The van der Waals surface area contributed by atoms with E-state index in [0.717, 1.165) is 5.69 Å². The van der Waals surface area contributed by atoms with Gasteiger partial charge in [0.1, 0.15) is 0 Å². The number of hydrogen-bond acceptors (Lipinski definition) is 4. The van der Waals surface area contributed by atoms with Crippen molar-refractivity contribution in [1.82, 2.24) is 10.3 Å². The Morgan fingerprint density at radius 1 is 1.61 bits per heavy atom. The first-order valence-corrected chi connectivity index (χ1v) is 6.99. The fourth-order valence-electron chi connectivity index (χ4n) is 1.44. The van der Waals surface area contributed by atoms with E-state index < -0.39 is 0 Å². The van der Waals surface area contributed by atoms with E-state index in [0.29, 0.717) is 0 Å². The first-order valence-electron chi connectivity index (χ1n) is 5.70. The topological polar surface area (TPSA) is 62.2 Å². The van der Waals surface area contributed by atoms with Crippen LogP contribution in [0.4, 0.5) is 0 Å². The summed E-state index contributed by atoms with van der Waals surface area (Å²) in [5, 5.41) is 11.9. The number of nitrogens with zero attached hydrogens (tertiary/aromatic N) is 1. The SMILES string of the molecule is CSC(CO)C(C)NC(=O)/C=C/c1ccccn1. The third kappa shape index (κ3) is 4.89. The summed E-state index contributed by atoms with van der Waals surface area (Å²) >= 11 is 1.53. The lowest BCUT2D eigenvalue weighted by molar-refractivity contribution is -0.117. The Balaban J connectivity index is 2.49. The molecule has 0 radical (unpaired) electrons. The van der Waals surface area contributed by atoms with Crippen LogP contribution >= 0.6 is 11.8 Å². The molecule has 2 atom stereocenters. The number of aliphatic hydroxyl groups is 1. The van der Waals surface area contributed by atoms with Crippen molar-refractivity contribution in [2.24, 2.45) is 0 Å². The van der Waals surface area contributed by atoms with Gasteiger partial charge in [-0.3, -0.25) is 9.78 Å². The van der Waals surface area contributed by atoms with Crippen LogP contribution in [0.3, 0.4) is 0 Å². The highest BCUT2D eigenvalue weighted by Crippen LogP contribution is 2.10. The first-order chi connectivity index (χ1) is 8.67. The number of aliphatic hydroxyl groups excluding tert-OH is 1. The average molecular weight is 266 g/mol. The van der Waals surface area contributed by atoms with Crippen molar-refractivity contribution in [2.45, 2.75) is 18.2 Å². The lowest BCUT2D eigenvalue weighted by Gasteiger charge is -2.20. The van der Waals surface area contributed by atoms with E-state index in [-0.39, 0.29) is 23.8 Å². The number of carbonyl (C=O) groups excluding carboxylic acids is 1. The molecule has 1 aromatic heterocycles. The molecule has 1 amide bonds. The van der Waals surface area contributed by atoms with Gasteiger partial charge in [-0.2, -0.15) is 11.8 Å². The van der Waals surface area contributed by atoms with Crippen LogP contribution in [-0.4, -0.2) is 40.2 Å². The first kappa shape index (κ1) is 14.7. The molecule has 1 rings (SSSR count). The standard InChI is InChI=1S/C13H18N2O2S/c1-10(12(9-16)18-2)15-13(17)7-6-11-5-3-4-8-14-11/h3-8,10,12,16H,9H2,1-2H3,(H,15,17)/b7-6+. The van der Waals surface area contributed by atoms with Crippen LogP contribution in [0, 0.1) is 0 Å². The van der Waals surface area contributed by atoms with Crippen molar-refractivity contribution >= 4 is 23.7 Å². The predicted molar refractivity (Wildman–Crippen MR) is 75.3 cm³/mol. The zero-order valence-corrected chi connectivity index (χ0v) is 11.4. The summed E-state index contributed by atoms with van der Waals surface area (Å²) in [6.07, 6.45) is 6.70. The van der Waals surface area contributed by atoms with E-state index in [1.54, 1.807) is 12.3 Å². The van der Waals surface area contributed by atoms with Gasteiger partial charge in [0.25, 0.3) is 0 Å². The quantitative estimate of drug-likeness (QED) is 0.762. The molecule has 0 aliphatic rings. The molecular weight excluding hydrogens is 248 g/mol. The molecule has 5 heteroatoms. The minimum atomic E-state index is -0.180. The highest BCUT2D eigenvalue weighted by Gasteiger charge is 2.15. The molecule has 0 aromatic carbocycles. The number of hydrogen-bond donors (Lipinski definition) is 2. The molecule has 0 bridgehead atoms. The van der Waals surface area contributed by atoms with E-state index in [9.17, 15) is 4.79 Å². The Labute approximate surface area is 112 Å². The van der Waals surface area contributed by atoms with Crippen molar-refractivity contribution in [3.05, 3.63) is 36.2 Å². The fraction of sp³-hybridized carbons (Fsp3) is 0.385. The van der Waals surface area contributed by atoms with Gasteiger partial charge in [-0.05, 0) is 31.4 Å². The average Bonchev–Trinajstić information content (AvgIpc) is 2.39. The van der Waals surface area contributed by atoms with Gasteiger partial charge in [0.2, 0.25) is 5.91 Å². The maximum absolute atomic E-state index is 11.6. The second-order valence-electron chi connectivity index (χ2n) is 3.84. The molecular formula is C13H18N2O2S. The van der Waals surface area contributed by atoms with E-state index in [4.69, 9.17) is 5.11 Å². The van der Waals surface area contributed by atoms with E-state index >= 15 is 0 Å². The summed E-state index contributed by atoms with van der Waals surface area (Å²) in [7, 11) is 0. The number of amides is 1. The van der Waals surface area contributed by atoms with Gasteiger partial charge in [-0.1, -0.05) is 6.07 Å². The summed E-state index contributed by atoms with van der Waals surface area (Å²) in [6.45, 7) is 1.93. The lowest BCUT2D eigenvalue weighted by Crippen LogP contribution is -2.40. The van der Waals surface area contributed by atoms with Crippen molar-refractivity contribution < 1.29 is 9.90 Å². The highest BCUT2D eigenvalue weighted by atomic mass is 32.2. The van der Waals surface area contributed by atoms with Crippen molar-refractivity contribution in [2.75, 3.05) is 12.9 Å². The van der Waals surface area contributed by atoms with Gasteiger partial charge in [0.15, 0.2) is 0 Å². The van der Waals surface area contributed by atoms with Gasteiger partial charge in [-0.25, -0.2) is 0 Å². The number of aromatic nitrogens is 1. The van der Waals surface area contributed by atoms with Gasteiger partial charge < -0.3 is 10.4 Å². The van der Waals surface area contributed by atoms with Crippen LogP contribution in [0.2, 0.25) is 0 Å². The van der Waals surface area contributed by atoms with Crippen LogP contribution in [0.25, 0.3) is 6.08 Å². The largest absolute Gasteiger partial charge is 0.395 e. The number of rotatable bonds is 6. The maximum atomic E-state index is 11.6. The Kier molecular flexibility index (Phi) is 6.46. The minimum Gasteiger partial charge on any atom is -0.395 e. The van der Waals surface area contributed by atoms with E-state index in [1.165, 1.54) is 17.8 Å². The second-order valence-corrected chi connectivity index (χ2v) is 4.92. The summed E-state index contributed by atoms with van der Waals surface area (Å²) in [5.74, 6) is -0.180. The number of thioether (sulfide) groups is 1. The van der Waals surface area contributed by atoms with Gasteiger partial charge in [-0.15, -0.1) is 0 Å². The number of pyridine rings is 1. The molecule has 0 aliphatic carbocycles. The van der Waals surface area contributed by atoms with Crippen LogP contribution in [0.15, 0.2) is 30.5 Å². The third-order valence-electron chi connectivity index (χ3n) is 2.50. The molecule has 0 spiro atoms. The molecule has 0 saturated carbocycles. The summed E-state index contributed by atoms with van der Waals surface area (Å²) in [5.41, 5.74) is 0.740. The van der Waals surface area contributed by atoms with Gasteiger partial charge in [0.05, 0.1) is 12.3 Å². The molecule has 0 fully saturated rings. The van der Waals surface area contributed by atoms with Crippen molar-refractivity contribution in [3.63, 3.8) is 0 Å². The third-order valence-corrected chi connectivity index (χ3v) is 3.67. The monoisotopic (exact) mass is 266 g/mol. The van der Waals surface area contributed by atoms with E-state index in [2.05, 4.69) is 10.3 Å². The zero-order chi connectivity index (χ0) is 13.4. The molecule has 0 aliphatic heterocycles. The molecule has 4 nitrogen and oxygen atoms in total. The Morgan fingerprint density at radius 3 is 2.94 bits per heavy atom. The number of nitrogens with one attached hydrogen (secondary N) is 1. The van der Waals surface area contributed by atoms with Crippen molar-refractivity contribution in [3.8, 4) is 0 Å². The lowest BCUT2D eigenvalue weighted by atomic mass is 10.2. The molecule has 1 heterocycles. The smallest absolute Gasteiger partial charge is 0.244 e. The van der Waals surface area contributed by atoms with E-state index in [1.807, 2.05) is 31.4 Å². The van der Waals surface area contributed by atoms with Crippen LogP contribution in [0.1, 0.15) is 12.6 Å². The van der Waals surface area contributed by atoms with Crippen LogP contribution < -0.4 is 5.32 Å². The minimum absolute atomic E-state index is 0.0113.